The molecule has 2 aromatic carbocycles. The van der Waals surface area contributed by atoms with Crippen molar-refractivity contribution in [3.05, 3.63) is 42.0 Å². The molecule has 0 bridgehead atoms. The summed E-state index contributed by atoms with van der Waals surface area (Å²) in [5.74, 6) is -1.14. The van der Waals surface area contributed by atoms with Crippen LogP contribution in [0.15, 0.2) is 41.3 Å². The molecule has 152 valence electrons. The molecule has 28 heavy (non-hydrogen) atoms. The van der Waals surface area contributed by atoms with Crippen LogP contribution in [-0.4, -0.2) is 26.5 Å². The predicted octanol–water partition coefficient (Wildman–Crippen LogP) is 3.56. The van der Waals surface area contributed by atoms with Crippen LogP contribution >= 0.6 is 12.6 Å². The van der Waals surface area contributed by atoms with Gasteiger partial charge in [0.1, 0.15) is 0 Å². The molecule has 0 unspecified atom stereocenters. The number of carbonyl (C=O) groups is 1. The van der Waals surface area contributed by atoms with Crippen LogP contribution in [0.5, 0.6) is 5.75 Å². The summed E-state index contributed by atoms with van der Waals surface area (Å²) >= 11 is 4.16. The number of benzene rings is 2. The summed E-state index contributed by atoms with van der Waals surface area (Å²) in [4.78, 5) is 12.0. The van der Waals surface area contributed by atoms with Crippen LogP contribution < -0.4 is 9.92 Å². The van der Waals surface area contributed by atoms with Crippen molar-refractivity contribution in [3.63, 3.8) is 0 Å². The first-order valence-electron chi connectivity index (χ1n) is 7.83. The molecule has 0 saturated carbocycles. The lowest BCUT2D eigenvalue weighted by atomic mass is 9.99. The lowest BCUT2D eigenvalue weighted by Crippen LogP contribution is -2.28. The fraction of sp³-hybridized carbons (Fsp3) is 0.235. The molecule has 11 heteroatoms. The summed E-state index contributed by atoms with van der Waals surface area (Å²) in [5, 5.41) is 0. The average Bonchev–Trinajstić information content (AvgIpc) is 2.58. The fourth-order valence-electron chi connectivity index (χ4n) is 2.30. The van der Waals surface area contributed by atoms with Crippen molar-refractivity contribution in [1.82, 2.24) is 0 Å². The number of halogens is 3. The highest BCUT2D eigenvalue weighted by molar-refractivity contribution is 7.88. The third kappa shape index (κ3) is 4.90. The Labute approximate surface area is 165 Å². The molecule has 0 amide bonds. The molecule has 0 spiro atoms. The van der Waals surface area contributed by atoms with Gasteiger partial charge in [-0.1, -0.05) is 18.2 Å². The van der Waals surface area contributed by atoms with Crippen molar-refractivity contribution in [3.8, 4) is 16.9 Å². The van der Waals surface area contributed by atoms with Crippen LogP contribution in [0, 0.1) is 0 Å². The van der Waals surface area contributed by atoms with Gasteiger partial charge in [-0.05, 0) is 30.7 Å². The highest BCUT2D eigenvalue weighted by Gasteiger charge is 2.48. The number of rotatable bonds is 6. The highest BCUT2D eigenvalue weighted by Crippen LogP contribution is 2.39. The summed E-state index contributed by atoms with van der Waals surface area (Å²) in [6.07, 6.45) is -0.173. The number of hydrogen-bond acceptors (Lipinski definition) is 7. The summed E-state index contributed by atoms with van der Waals surface area (Å²) in [6.45, 7) is 1.78. The lowest BCUT2D eigenvalue weighted by Gasteiger charge is -2.16. The van der Waals surface area contributed by atoms with E-state index in [1.54, 1.807) is 13.0 Å². The Morgan fingerprint density at radius 1 is 1.18 bits per heavy atom. The van der Waals surface area contributed by atoms with Crippen LogP contribution in [-0.2, 0) is 26.1 Å². The van der Waals surface area contributed by atoms with Gasteiger partial charge in [-0.3, -0.25) is 4.79 Å². The molecule has 0 atom stereocenters. The molecular formula is C17H16F3NO5S2. The minimum absolute atomic E-state index is 0.0389. The first-order chi connectivity index (χ1) is 13.0. The second-order valence-corrected chi connectivity index (χ2v) is 7.55. The van der Waals surface area contributed by atoms with E-state index in [-0.39, 0.29) is 29.8 Å². The molecule has 0 aliphatic carbocycles. The molecule has 6 nitrogen and oxygen atoms in total. The van der Waals surface area contributed by atoms with Crippen molar-refractivity contribution in [2.24, 2.45) is 0 Å². The third-order valence-electron chi connectivity index (χ3n) is 3.55. The molecule has 0 aromatic heterocycles. The third-order valence-corrected chi connectivity index (χ3v) is 4.91. The van der Waals surface area contributed by atoms with Crippen LogP contribution in [0.2, 0.25) is 0 Å². The average molecular weight is 435 g/mol. The minimum atomic E-state index is -5.90. The number of alkyl halides is 3. The van der Waals surface area contributed by atoms with Crippen molar-refractivity contribution in [1.29, 1.82) is 0 Å². The summed E-state index contributed by atoms with van der Waals surface area (Å²) in [6, 6.07) is 8.16. The van der Waals surface area contributed by atoms with Gasteiger partial charge in [-0.2, -0.15) is 21.6 Å². The molecule has 2 aromatic rings. The number of para-hydroxylation sites is 1. The van der Waals surface area contributed by atoms with Gasteiger partial charge < -0.3 is 14.7 Å². The number of ether oxygens (including phenoxy) is 1. The zero-order chi connectivity index (χ0) is 21.1. The number of thiol groups is 1. The van der Waals surface area contributed by atoms with E-state index in [1.165, 1.54) is 24.3 Å². The zero-order valence-corrected chi connectivity index (χ0v) is 16.2. The molecule has 0 aliphatic heterocycles. The van der Waals surface area contributed by atoms with Crippen LogP contribution in [0.1, 0.15) is 12.5 Å². The summed E-state index contributed by atoms with van der Waals surface area (Å²) < 4.78 is 70.2. The monoisotopic (exact) mass is 435 g/mol. The topological polar surface area (TPSA) is 95.7 Å². The SMILES string of the molecule is CCOC(=O)Cc1ccc(OS(=O)(=O)C(F)(F)F)c(-c2cccc(S)c2N)c1. The Morgan fingerprint density at radius 3 is 2.46 bits per heavy atom. The first kappa shape index (κ1) is 21.9. The quantitative estimate of drug-likeness (QED) is 0.237. The van der Waals surface area contributed by atoms with Crippen LogP contribution in [0.4, 0.5) is 18.9 Å². The van der Waals surface area contributed by atoms with E-state index in [0.717, 1.165) is 6.07 Å². The van der Waals surface area contributed by atoms with E-state index >= 15 is 0 Å². The predicted molar refractivity (Wildman–Crippen MR) is 99.5 cm³/mol. The van der Waals surface area contributed by atoms with E-state index in [0.29, 0.717) is 10.5 Å². The molecular weight excluding hydrogens is 419 g/mol. The fourth-order valence-corrected chi connectivity index (χ4v) is 2.98. The maximum Gasteiger partial charge on any atom is 0.534 e. The summed E-state index contributed by atoms with van der Waals surface area (Å²) in [5.41, 5.74) is 0.966. The van der Waals surface area contributed by atoms with Gasteiger partial charge in [0.25, 0.3) is 0 Å². The summed E-state index contributed by atoms with van der Waals surface area (Å²) in [7, 11) is -5.90. The number of anilines is 1. The Balaban J connectivity index is 2.59. The van der Waals surface area contributed by atoms with E-state index in [9.17, 15) is 26.4 Å². The van der Waals surface area contributed by atoms with Crippen molar-refractivity contribution in [2.45, 2.75) is 23.7 Å². The van der Waals surface area contributed by atoms with E-state index in [1.807, 2.05) is 0 Å². The van der Waals surface area contributed by atoms with Gasteiger partial charge in [0, 0.05) is 16.0 Å². The van der Waals surface area contributed by atoms with Gasteiger partial charge >= 0.3 is 21.6 Å². The Hall–Kier alpha value is -2.40. The second kappa shape index (κ2) is 8.31. The van der Waals surface area contributed by atoms with Gasteiger partial charge in [0.15, 0.2) is 5.75 Å². The minimum Gasteiger partial charge on any atom is -0.466 e. The molecule has 0 fully saturated rings. The highest BCUT2D eigenvalue weighted by atomic mass is 32.2. The van der Waals surface area contributed by atoms with Crippen molar-refractivity contribution >= 4 is 34.4 Å². The maximum absolute atomic E-state index is 12.7. The van der Waals surface area contributed by atoms with Crippen LogP contribution in [0.25, 0.3) is 11.1 Å². The van der Waals surface area contributed by atoms with Gasteiger partial charge in [-0.25, -0.2) is 0 Å². The Morgan fingerprint density at radius 2 is 1.86 bits per heavy atom. The largest absolute Gasteiger partial charge is 0.534 e. The zero-order valence-electron chi connectivity index (χ0n) is 14.5. The van der Waals surface area contributed by atoms with E-state index in [4.69, 9.17) is 10.5 Å². The van der Waals surface area contributed by atoms with E-state index < -0.39 is 27.3 Å². The van der Waals surface area contributed by atoms with Crippen molar-refractivity contribution in [2.75, 3.05) is 12.3 Å². The molecule has 0 saturated heterocycles. The van der Waals surface area contributed by atoms with Crippen molar-refractivity contribution < 1.29 is 35.3 Å². The molecule has 2 N–H and O–H groups in total. The molecule has 0 heterocycles. The smallest absolute Gasteiger partial charge is 0.466 e. The number of hydrogen-bond donors (Lipinski definition) is 2. The molecule has 0 radical (unpaired) electrons. The van der Waals surface area contributed by atoms with Crippen LogP contribution in [0.3, 0.4) is 0 Å². The lowest BCUT2D eigenvalue weighted by molar-refractivity contribution is -0.142. The number of carbonyl (C=O) groups excluding carboxylic acids is 1. The maximum atomic E-state index is 12.7. The number of nitrogen functional groups attached to an aromatic ring is 1. The van der Waals surface area contributed by atoms with Gasteiger partial charge in [0.2, 0.25) is 0 Å². The first-order valence-corrected chi connectivity index (χ1v) is 9.69. The van der Waals surface area contributed by atoms with E-state index in [2.05, 4.69) is 16.8 Å². The molecule has 0 aliphatic rings. The molecule has 2 rings (SSSR count). The van der Waals surface area contributed by atoms with Gasteiger partial charge in [0.05, 0.1) is 18.7 Å². The second-order valence-electron chi connectivity index (χ2n) is 5.53. The number of nitrogens with two attached hydrogens (primary N) is 1. The Kier molecular flexibility index (Phi) is 6.50. The standard InChI is InChI=1S/C17H16F3NO5S2/c1-2-25-15(22)9-10-6-7-13(26-28(23,24)17(18,19)20)12(8-10)11-4-3-5-14(27)16(11)21/h3-8,27H,2,9,21H2,1H3. The number of esters is 1. The Bertz CT molecular complexity index is 991. The normalized spacial score (nSPS) is 11.9. The van der Waals surface area contributed by atoms with Gasteiger partial charge in [-0.15, -0.1) is 12.6 Å².